The molecule has 1 aromatic heterocycles. The van der Waals surface area contributed by atoms with Crippen molar-refractivity contribution in [2.24, 2.45) is 0 Å². The molecule has 0 atom stereocenters. The fraction of sp³-hybridized carbons (Fsp3) is 0.120. The number of benzene rings is 3. The second-order valence-electron chi connectivity index (χ2n) is 7.31. The highest BCUT2D eigenvalue weighted by Crippen LogP contribution is 2.27. The summed E-state index contributed by atoms with van der Waals surface area (Å²) in [4.78, 5) is 17.2. The van der Waals surface area contributed by atoms with E-state index in [1.165, 1.54) is 11.3 Å². The van der Waals surface area contributed by atoms with Gasteiger partial charge in [-0.15, -0.1) is 11.3 Å². The zero-order valence-corrected chi connectivity index (χ0v) is 19.0. The Hall–Kier alpha value is -3.35. The summed E-state index contributed by atoms with van der Waals surface area (Å²) in [6, 6.07) is 20.6. The smallest absolute Gasteiger partial charge is 0.256 e. The molecule has 5 nitrogen and oxygen atoms in total. The number of hydrogen-bond acceptors (Lipinski definition) is 5. The minimum atomic E-state index is -0.176. The van der Waals surface area contributed by atoms with Crippen molar-refractivity contribution < 1.29 is 9.53 Å². The number of rotatable bonds is 7. The zero-order chi connectivity index (χ0) is 22.5. The first-order valence-electron chi connectivity index (χ1n) is 10.1. The van der Waals surface area contributed by atoms with Crippen LogP contribution in [-0.2, 0) is 6.42 Å². The van der Waals surface area contributed by atoms with Gasteiger partial charge in [-0.2, -0.15) is 0 Å². The van der Waals surface area contributed by atoms with E-state index in [1.54, 1.807) is 0 Å². The van der Waals surface area contributed by atoms with Gasteiger partial charge >= 0.3 is 0 Å². The molecule has 0 aliphatic carbocycles. The zero-order valence-electron chi connectivity index (χ0n) is 17.5. The minimum absolute atomic E-state index is 0.176. The molecule has 3 N–H and O–H groups in total. The second-order valence-corrected chi connectivity index (χ2v) is 8.64. The van der Waals surface area contributed by atoms with E-state index in [9.17, 15) is 4.79 Å². The molecule has 1 amide bonds. The lowest BCUT2D eigenvalue weighted by Gasteiger charge is -2.12. The highest BCUT2D eigenvalue weighted by molar-refractivity contribution is 7.13. The number of nitrogens with one attached hydrogen (secondary N) is 1. The first-order chi connectivity index (χ1) is 15.5. The summed E-state index contributed by atoms with van der Waals surface area (Å²) in [5.74, 6) is 0.549. The first kappa shape index (κ1) is 21.9. The molecule has 4 aromatic rings. The number of nitrogen functional groups attached to an aromatic ring is 1. The molecule has 0 fully saturated rings. The van der Waals surface area contributed by atoms with Gasteiger partial charge in [0.15, 0.2) is 5.13 Å². The van der Waals surface area contributed by atoms with E-state index < -0.39 is 0 Å². The van der Waals surface area contributed by atoms with Crippen molar-refractivity contribution in [1.29, 1.82) is 0 Å². The number of halogens is 1. The maximum atomic E-state index is 13.0. The van der Waals surface area contributed by atoms with E-state index in [-0.39, 0.29) is 5.91 Å². The van der Waals surface area contributed by atoms with Crippen molar-refractivity contribution in [3.8, 4) is 16.9 Å². The Bertz CT molecular complexity index is 1220. The van der Waals surface area contributed by atoms with Crippen molar-refractivity contribution in [2.45, 2.75) is 13.3 Å². The number of ether oxygens (including phenoxy) is 1. The lowest BCUT2D eigenvalue weighted by molar-refractivity contribution is 0.102. The van der Waals surface area contributed by atoms with Gasteiger partial charge < -0.3 is 15.8 Å². The molecule has 0 unspecified atom stereocenters. The van der Waals surface area contributed by atoms with Crippen molar-refractivity contribution >= 4 is 39.7 Å². The molecule has 0 bridgehead atoms. The van der Waals surface area contributed by atoms with Gasteiger partial charge in [-0.3, -0.25) is 4.79 Å². The number of thiazole rings is 1. The Kier molecular flexibility index (Phi) is 6.73. The molecule has 162 valence electrons. The van der Waals surface area contributed by atoms with E-state index in [0.29, 0.717) is 34.4 Å². The summed E-state index contributed by atoms with van der Waals surface area (Å²) in [6.45, 7) is 2.51. The fourth-order valence-corrected chi connectivity index (χ4v) is 3.99. The lowest BCUT2D eigenvalue weighted by atomic mass is 9.97. The van der Waals surface area contributed by atoms with Crippen molar-refractivity contribution in [1.82, 2.24) is 4.98 Å². The van der Waals surface area contributed by atoms with E-state index >= 15 is 0 Å². The summed E-state index contributed by atoms with van der Waals surface area (Å²) in [7, 11) is 0. The Morgan fingerprint density at radius 3 is 2.53 bits per heavy atom. The minimum Gasteiger partial charge on any atom is -0.493 e. The van der Waals surface area contributed by atoms with Crippen LogP contribution in [0, 0.1) is 6.92 Å². The van der Waals surface area contributed by atoms with Crippen LogP contribution in [0.3, 0.4) is 0 Å². The maximum Gasteiger partial charge on any atom is 0.256 e. The Balaban J connectivity index is 1.42. The van der Waals surface area contributed by atoms with E-state index in [1.807, 2.05) is 79.0 Å². The molecule has 4 rings (SSSR count). The number of anilines is 2. The number of carbonyl (C=O) groups excluding carboxylic acids is 1. The predicted molar refractivity (Wildman–Crippen MR) is 132 cm³/mol. The van der Waals surface area contributed by atoms with E-state index in [4.69, 9.17) is 22.1 Å². The first-order valence-corrected chi connectivity index (χ1v) is 11.3. The summed E-state index contributed by atoms with van der Waals surface area (Å²) < 4.78 is 5.76. The Morgan fingerprint density at radius 1 is 1.09 bits per heavy atom. The summed E-state index contributed by atoms with van der Waals surface area (Å²) in [5.41, 5.74) is 10.7. The maximum absolute atomic E-state index is 13.0. The number of hydrogen-bond donors (Lipinski definition) is 2. The topological polar surface area (TPSA) is 77.2 Å². The monoisotopic (exact) mass is 463 g/mol. The van der Waals surface area contributed by atoms with Gasteiger partial charge in [-0.25, -0.2) is 4.98 Å². The fourth-order valence-electron chi connectivity index (χ4n) is 3.27. The normalized spacial score (nSPS) is 10.7. The van der Waals surface area contributed by atoms with Crippen LogP contribution in [0.2, 0.25) is 5.02 Å². The third-order valence-electron chi connectivity index (χ3n) is 4.88. The standard InChI is InChI=1S/C25H22ClN3O2S/c1-16-2-11-22(23(14-16)17-3-5-18(26)6-4-17)24(30)28-19-7-9-21(10-8-19)31-13-12-20-15-32-25(27)29-20/h2-11,14-15H,12-13H2,1H3,(H2,27,29)(H,28,30). The molecule has 0 spiro atoms. The number of aromatic nitrogens is 1. The second kappa shape index (κ2) is 9.85. The summed E-state index contributed by atoms with van der Waals surface area (Å²) in [5, 5.41) is 6.12. The quantitative estimate of drug-likeness (QED) is 0.340. The van der Waals surface area contributed by atoms with Gasteiger partial charge in [0.05, 0.1) is 12.3 Å². The predicted octanol–water partition coefficient (Wildman–Crippen LogP) is 6.23. The molecule has 32 heavy (non-hydrogen) atoms. The highest BCUT2D eigenvalue weighted by atomic mass is 35.5. The number of nitrogens with zero attached hydrogens (tertiary/aromatic N) is 1. The van der Waals surface area contributed by atoms with Gasteiger partial charge in [0.1, 0.15) is 5.75 Å². The van der Waals surface area contributed by atoms with Crippen molar-refractivity contribution in [3.05, 3.63) is 94.0 Å². The molecule has 0 radical (unpaired) electrons. The van der Waals surface area contributed by atoms with Crippen molar-refractivity contribution in [3.63, 3.8) is 0 Å². The Labute approximate surface area is 195 Å². The highest BCUT2D eigenvalue weighted by Gasteiger charge is 2.14. The van der Waals surface area contributed by atoms with Crippen LogP contribution >= 0.6 is 22.9 Å². The average Bonchev–Trinajstić information content (AvgIpc) is 3.20. The van der Waals surface area contributed by atoms with Gasteiger partial charge in [-0.1, -0.05) is 41.4 Å². The summed E-state index contributed by atoms with van der Waals surface area (Å²) in [6.07, 6.45) is 0.688. The van der Waals surface area contributed by atoms with E-state index in [0.717, 1.165) is 28.1 Å². The molecule has 0 aliphatic rings. The molecular weight excluding hydrogens is 442 g/mol. The largest absolute Gasteiger partial charge is 0.493 e. The number of aryl methyl sites for hydroxylation is 1. The number of nitrogens with two attached hydrogens (primary N) is 1. The van der Waals surface area contributed by atoms with Gasteiger partial charge in [0, 0.05) is 28.1 Å². The van der Waals surface area contributed by atoms with Crippen LogP contribution in [0.5, 0.6) is 5.75 Å². The molecule has 0 saturated carbocycles. The van der Waals surface area contributed by atoms with Crippen LogP contribution in [0.1, 0.15) is 21.6 Å². The summed E-state index contributed by atoms with van der Waals surface area (Å²) >= 11 is 7.44. The molecule has 0 saturated heterocycles. The lowest BCUT2D eigenvalue weighted by Crippen LogP contribution is -2.13. The average molecular weight is 464 g/mol. The van der Waals surface area contributed by atoms with Crippen LogP contribution < -0.4 is 15.8 Å². The van der Waals surface area contributed by atoms with Gasteiger partial charge in [-0.05, 0) is 60.5 Å². The molecule has 7 heteroatoms. The van der Waals surface area contributed by atoms with Crippen LogP contribution in [0.25, 0.3) is 11.1 Å². The number of carbonyl (C=O) groups is 1. The molecular formula is C25H22ClN3O2S. The SMILES string of the molecule is Cc1ccc(C(=O)Nc2ccc(OCCc3csc(N)n3)cc2)c(-c2ccc(Cl)cc2)c1. The van der Waals surface area contributed by atoms with Gasteiger partial charge in [0.2, 0.25) is 0 Å². The van der Waals surface area contributed by atoms with Crippen LogP contribution in [0.4, 0.5) is 10.8 Å². The molecule has 0 aliphatic heterocycles. The van der Waals surface area contributed by atoms with Gasteiger partial charge in [0.25, 0.3) is 5.91 Å². The molecule has 3 aromatic carbocycles. The third kappa shape index (κ3) is 5.46. The number of amides is 1. The molecule has 1 heterocycles. The third-order valence-corrected chi connectivity index (χ3v) is 5.86. The Morgan fingerprint density at radius 2 is 1.84 bits per heavy atom. The van der Waals surface area contributed by atoms with E-state index in [2.05, 4.69) is 10.3 Å². The van der Waals surface area contributed by atoms with Crippen LogP contribution in [-0.4, -0.2) is 17.5 Å². The van der Waals surface area contributed by atoms with Crippen molar-refractivity contribution in [2.75, 3.05) is 17.7 Å². The van der Waals surface area contributed by atoms with Crippen LogP contribution in [0.15, 0.2) is 72.1 Å².